The fourth-order valence-electron chi connectivity index (χ4n) is 6.59. The van der Waals surface area contributed by atoms with Crippen molar-refractivity contribution in [3.63, 3.8) is 0 Å². The molecule has 3 aromatic carbocycles. The molecule has 2 unspecified atom stereocenters. The molecule has 1 heterocycles. The van der Waals surface area contributed by atoms with Gasteiger partial charge in [-0.15, -0.1) is 0 Å². The molecule has 0 aliphatic carbocycles. The number of nitrogens with one attached hydrogen (secondary N) is 3. The molecule has 1 aliphatic heterocycles. The summed E-state index contributed by atoms with van der Waals surface area (Å²) >= 11 is 0. The Balaban J connectivity index is 0.00000468. The van der Waals surface area contributed by atoms with Crippen molar-refractivity contribution < 1.29 is 97.1 Å². The van der Waals surface area contributed by atoms with Crippen LogP contribution in [0.1, 0.15) is 54.9 Å². The van der Waals surface area contributed by atoms with E-state index in [1.807, 2.05) is 107 Å². The minimum Gasteiger partial charge on any atom is -0.790 e. The summed E-state index contributed by atoms with van der Waals surface area (Å²) in [6, 6.07) is 21.8. The summed E-state index contributed by atoms with van der Waals surface area (Å²) in [5.41, 5.74) is 3.43. The number of phosphoric acid groups is 1. The predicted octanol–water partition coefficient (Wildman–Crippen LogP) is -2.64. The molecule has 3 aromatic rings. The molecule has 1 fully saturated rings. The van der Waals surface area contributed by atoms with Gasteiger partial charge in [0.2, 0.25) is 5.91 Å². The Morgan fingerprint density at radius 3 is 2.10 bits per heavy atom. The van der Waals surface area contributed by atoms with Crippen molar-refractivity contribution in [1.82, 2.24) is 20.9 Å². The van der Waals surface area contributed by atoms with Crippen LogP contribution in [-0.4, -0.2) is 67.2 Å². The van der Waals surface area contributed by atoms with Crippen molar-refractivity contribution in [3.05, 3.63) is 101 Å². The average Bonchev–Trinajstić information content (AvgIpc) is 3.06. The minimum absolute atomic E-state index is 0. The summed E-state index contributed by atoms with van der Waals surface area (Å²) in [5.74, 6) is -1.14. The van der Waals surface area contributed by atoms with Crippen LogP contribution in [0.2, 0.25) is 0 Å². The molecule has 0 aromatic heterocycles. The van der Waals surface area contributed by atoms with Gasteiger partial charge in [-0.1, -0.05) is 92.7 Å². The zero-order valence-electron chi connectivity index (χ0n) is 31.0. The van der Waals surface area contributed by atoms with Crippen LogP contribution in [0.4, 0.5) is 4.79 Å². The maximum absolute atomic E-state index is 14.2. The maximum atomic E-state index is 14.2. The molecule has 0 saturated carbocycles. The molecule has 4 atom stereocenters. The number of hydrogen-bond donors (Lipinski definition) is 3. The van der Waals surface area contributed by atoms with E-state index >= 15 is 0 Å². The monoisotopic (exact) mass is 752 g/mol. The normalized spacial score (nSPS) is 15.2. The molecular weight excluding hydrogens is 705 g/mol. The number of benzene rings is 3. The third-order valence-electron chi connectivity index (χ3n) is 8.81. The van der Waals surface area contributed by atoms with Gasteiger partial charge in [0.05, 0.1) is 14.4 Å². The van der Waals surface area contributed by atoms with Gasteiger partial charge in [0, 0.05) is 31.1 Å². The minimum atomic E-state index is -5.33. The van der Waals surface area contributed by atoms with Gasteiger partial charge in [0.1, 0.15) is 11.8 Å². The molecule has 1 saturated heterocycles. The first kappa shape index (κ1) is 45.9. The molecule has 1 aliphatic rings. The number of aryl methyl sites for hydroxylation is 2. The molecule has 15 heteroatoms. The Labute approximate surface area is 351 Å². The van der Waals surface area contributed by atoms with E-state index < -0.39 is 50.3 Å². The van der Waals surface area contributed by atoms with Crippen molar-refractivity contribution in [2.45, 2.75) is 71.0 Å². The molecule has 3 N–H and O–H groups in total. The SMILES string of the molecule is Cc1cccc(C)c1OCC(=O)N[C@@H](Cc1ccccc1)C(c1ccccc1)C(CCOP(=O)([O-])[O-])NC(=O)[C@H](C(C)C)N1CCCNC1=O.[Na+].[Na+]. The summed E-state index contributed by atoms with van der Waals surface area (Å²) in [6.07, 6.45) is 0.924. The Hall–Kier alpha value is -2.22. The van der Waals surface area contributed by atoms with Crippen molar-refractivity contribution in [3.8, 4) is 5.75 Å². The van der Waals surface area contributed by atoms with Gasteiger partial charge in [-0.05, 0) is 61.3 Å². The first-order valence-corrected chi connectivity index (χ1v) is 18.4. The maximum Gasteiger partial charge on any atom is 1.00 e. The van der Waals surface area contributed by atoms with Gasteiger partial charge in [0.15, 0.2) is 6.61 Å². The fourth-order valence-corrected chi connectivity index (χ4v) is 6.92. The summed E-state index contributed by atoms with van der Waals surface area (Å²) in [7, 11) is -5.33. The fraction of sp³-hybridized carbons (Fsp3) is 0.432. The Kier molecular flexibility index (Phi) is 19.6. The van der Waals surface area contributed by atoms with Crippen LogP contribution < -0.4 is 89.6 Å². The summed E-state index contributed by atoms with van der Waals surface area (Å²) in [5, 5.41) is 9.04. The number of para-hydroxylation sites is 1. The van der Waals surface area contributed by atoms with E-state index in [2.05, 4.69) is 20.5 Å². The second-order valence-corrected chi connectivity index (χ2v) is 14.1. The van der Waals surface area contributed by atoms with Crippen molar-refractivity contribution in [2.24, 2.45) is 5.92 Å². The molecule has 4 amide bonds. The van der Waals surface area contributed by atoms with Gasteiger partial charge in [-0.25, -0.2) is 4.79 Å². The summed E-state index contributed by atoms with van der Waals surface area (Å²) in [4.78, 5) is 65.3. The number of hydrogen-bond acceptors (Lipinski definition) is 8. The van der Waals surface area contributed by atoms with E-state index in [1.165, 1.54) is 4.90 Å². The van der Waals surface area contributed by atoms with Gasteiger partial charge in [0.25, 0.3) is 5.91 Å². The number of rotatable bonds is 17. The first-order valence-electron chi connectivity index (χ1n) is 16.9. The smallest absolute Gasteiger partial charge is 0.790 e. The number of ether oxygens (including phenoxy) is 1. The van der Waals surface area contributed by atoms with Crippen molar-refractivity contribution in [2.75, 3.05) is 26.3 Å². The number of urea groups is 1. The second-order valence-electron chi connectivity index (χ2n) is 13.0. The molecule has 52 heavy (non-hydrogen) atoms. The van der Waals surface area contributed by atoms with Gasteiger partial charge in [-0.2, -0.15) is 0 Å². The largest absolute Gasteiger partial charge is 1.00 e. The Bertz CT molecular complexity index is 1610. The van der Waals surface area contributed by atoms with Crippen molar-refractivity contribution >= 4 is 25.7 Å². The van der Waals surface area contributed by atoms with Crippen LogP contribution in [0.15, 0.2) is 78.9 Å². The molecule has 270 valence electrons. The number of amides is 4. The molecule has 0 spiro atoms. The first-order chi connectivity index (χ1) is 23.8. The van der Waals surface area contributed by atoms with Crippen LogP contribution in [0.5, 0.6) is 5.75 Å². The predicted molar refractivity (Wildman–Crippen MR) is 186 cm³/mol. The Morgan fingerprint density at radius 2 is 1.52 bits per heavy atom. The average molecular weight is 753 g/mol. The summed E-state index contributed by atoms with van der Waals surface area (Å²) < 4.78 is 22.2. The van der Waals surface area contributed by atoms with Crippen molar-refractivity contribution in [1.29, 1.82) is 0 Å². The zero-order chi connectivity index (χ0) is 36.3. The zero-order valence-corrected chi connectivity index (χ0v) is 35.9. The molecule has 0 radical (unpaired) electrons. The quantitative estimate of drug-likeness (QED) is 0.0993. The molecule has 4 rings (SSSR count). The number of phosphoric ester groups is 1. The standard InChI is InChI=1S/C37H49N4O8P.2Na/c1-25(2)34(41-21-12-20-38-37(41)44)36(43)40-30(19-22-49-50(45,46)47)33(29-17-9-6-10-18-29)31(23-28-15-7-5-8-16-28)39-32(42)24-48-35-26(3)13-11-14-27(35)4;;/h5-11,13-18,25,30-31,33-34H,12,19-24H2,1-4H3,(H,38,44)(H,39,42)(H,40,43)(H2,45,46,47);;/q;2*+1/p-2/t30?,31-,33?,34-;;/m0../s1. The van der Waals surface area contributed by atoms with E-state index in [9.17, 15) is 28.7 Å². The topological polar surface area (TPSA) is 172 Å². The third kappa shape index (κ3) is 13.9. The van der Waals surface area contributed by atoms with E-state index in [1.54, 1.807) is 0 Å². The molecule has 12 nitrogen and oxygen atoms in total. The molecular formula is C37H47N4Na2O8P. The number of nitrogens with zero attached hydrogens (tertiary/aromatic N) is 1. The van der Waals surface area contributed by atoms with Crippen LogP contribution in [-0.2, 0) is 25.1 Å². The van der Waals surface area contributed by atoms with Crippen LogP contribution in [0.25, 0.3) is 0 Å². The number of carbonyl (C=O) groups is 3. The van der Waals surface area contributed by atoms with E-state index in [-0.39, 0.29) is 84.1 Å². The van der Waals surface area contributed by atoms with Gasteiger partial charge < -0.3 is 44.5 Å². The second kappa shape index (κ2) is 22.2. The van der Waals surface area contributed by atoms with Crippen LogP contribution in [0.3, 0.4) is 0 Å². The van der Waals surface area contributed by atoms with E-state index in [4.69, 9.17) is 4.74 Å². The molecule has 0 bridgehead atoms. The van der Waals surface area contributed by atoms with Crippen LogP contribution >= 0.6 is 7.82 Å². The van der Waals surface area contributed by atoms with E-state index in [0.717, 1.165) is 22.3 Å². The van der Waals surface area contributed by atoms with Gasteiger partial charge in [-0.3, -0.25) is 9.59 Å². The van der Waals surface area contributed by atoms with Crippen LogP contribution in [0, 0.1) is 19.8 Å². The third-order valence-corrected chi connectivity index (χ3v) is 9.31. The Morgan fingerprint density at radius 1 is 0.904 bits per heavy atom. The number of carbonyl (C=O) groups excluding carboxylic acids is 3. The summed E-state index contributed by atoms with van der Waals surface area (Å²) in [6.45, 7) is 7.62. The van der Waals surface area contributed by atoms with Gasteiger partial charge >= 0.3 is 65.1 Å². The van der Waals surface area contributed by atoms with E-state index in [0.29, 0.717) is 31.7 Å².